The van der Waals surface area contributed by atoms with Gasteiger partial charge in [0.1, 0.15) is 11.5 Å². The van der Waals surface area contributed by atoms with Crippen LogP contribution in [0.25, 0.3) is 0 Å². The number of aryl methyl sites for hydroxylation is 1. The monoisotopic (exact) mass is 472 g/mol. The Kier molecular flexibility index (Phi) is 8.14. The lowest BCUT2D eigenvalue weighted by atomic mass is 10.1. The van der Waals surface area contributed by atoms with Crippen molar-refractivity contribution < 1.29 is 27.3 Å². The molecule has 0 spiro atoms. The van der Waals surface area contributed by atoms with E-state index in [2.05, 4.69) is 20.8 Å². The van der Waals surface area contributed by atoms with E-state index < -0.39 is 21.5 Å². The third kappa shape index (κ3) is 7.14. The van der Waals surface area contributed by atoms with E-state index in [1.54, 1.807) is 25.3 Å². The van der Waals surface area contributed by atoms with Crippen LogP contribution < -0.4 is 15.4 Å². The topological polar surface area (TPSA) is 140 Å². The molecule has 2 amide bonds. The fourth-order valence-electron chi connectivity index (χ4n) is 2.88. The van der Waals surface area contributed by atoms with Gasteiger partial charge in [0.25, 0.3) is 0 Å². The number of methoxy groups -OCH3 is 1. The van der Waals surface area contributed by atoms with E-state index in [-0.39, 0.29) is 35.6 Å². The molecule has 2 N–H and O–H groups in total. The van der Waals surface area contributed by atoms with Crippen molar-refractivity contribution in [2.45, 2.75) is 23.5 Å². The maximum absolute atomic E-state index is 12.4. The standard InChI is InChI=1S/C22H24N4O6S/c1-31-17-10-7-16(8-11-17)9-12-20(27)23-13-14-24-21(28)22-25-19(26-32-22)15-33(29,30)18-5-3-2-4-6-18/h2-8,10-11H,9,12-15H2,1H3,(H,23,27)(H,24,28). The fourth-order valence-corrected chi connectivity index (χ4v) is 4.07. The zero-order chi connectivity index (χ0) is 23.7. The minimum absolute atomic E-state index is 0.115. The molecule has 0 saturated carbocycles. The van der Waals surface area contributed by atoms with E-state index in [9.17, 15) is 18.0 Å². The van der Waals surface area contributed by atoms with Crippen molar-refractivity contribution in [3.05, 3.63) is 71.9 Å². The Bertz CT molecular complexity index is 1180. The molecule has 3 aromatic rings. The van der Waals surface area contributed by atoms with Gasteiger partial charge in [-0.05, 0) is 36.2 Å². The average Bonchev–Trinajstić information content (AvgIpc) is 3.29. The summed E-state index contributed by atoms with van der Waals surface area (Å²) in [6.45, 7) is 0.365. The molecule has 3 rings (SSSR count). The van der Waals surface area contributed by atoms with Gasteiger partial charge in [0.15, 0.2) is 15.7 Å². The predicted octanol–water partition coefficient (Wildman–Crippen LogP) is 1.53. The summed E-state index contributed by atoms with van der Waals surface area (Å²) in [4.78, 5) is 28.1. The number of carbonyl (C=O) groups is 2. The number of carbonyl (C=O) groups excluding carboxylic acids is 2. The van der Waals surface area contributed by atoms with Gasteiger partial charge in [0, 0.05) is 19.5 Å². The van der Waals surface area contributed by atoms with Crippen molar-refractivity contribution in [3.63, 3.8) is 0 Å². The summed E-state index contributed by atoms with van der Waals surface area (Å²) in [5.41, 5.74) is 1.01. The fraction of sp³-hybridized carbons (Fsp3) is 0.273. The quantitative estimate of drug-likeness (QED) is 0.400. The number of nitrogens with one attached hydrogen (secondary N) is 2. The van der Waals surface area contributed by atoms with Crippen LogP contribution in [-0.4, -0.2) is 50.6 Å². The number of hydrogen-bond acceptors (Lipinski definition) is 8. The maximum atomic E-state index is 12.4. The Balaban J connectivity index is 1.38. The van der Waals surface area contributed by atoms with Crippen molar-refractivity contribution in [3.8, 4) is 5.75 Å². The summed E-state index contributed by atoms with van der Waals surface area (Å²) in [5, 5.41) is 8.81. The van der Waals surface area contributed by atoms with Crippen molar-refractivity contribution in [1.82, 2.24) is 20.8 Å². The third-order valence-electron chi connectivity index (χ3n) is 4.62. The maximum Gasteiger partial charge on any atom is 0.315 e. The lowest BCUT2D eigenvalue weighted by Gasteiger charge is -2.06. The number of hydrogen-bond donors (Lipinski definition) is 2. The molecule has 0 unspecified atom stereocenters. The second-order valence-electron chi connectivity index (χ2n) is 7.04. The van der Waals surface area contributed by atoms with Gasteiger partial charge < -0.3 is 19.9 Å². The molecule has 0 aliphatic heterocycles. The van der Waals surface area contributed by atoms with Crippen LogP contribution in [0.1, 0.15) is 28.5 Å². The van der Waals surface area contributed by atoms with Crippen molar-refractivity contribution in [2.24, 2.45) is 0 Å². The molecule has 0 atom stereocenters. The molecule has 1 aromatic heterocycles. The molecule has 0 fully saturated rings. The highest BCUT2D eigenvalue weighted by atomic mass is 32.2. The van der Waals surface area contributed by atoms with Crippen LogP contribution >= 0.6 is 0 Å². The van der Waals surface area contributed by atoms with Gasteiger partial charge in [-0.3, -0.25) is 9.59 Å². The first-order chi connectivity index (χ1) is 15.9. The van der Waals surface area contributed by atoms with Gasteiger partial charge in [-0.2, -0.15) is 4.98 Å². The summed E-state index contributed by atoms with van der Waals surface area (Å²) in [6, 6.07) is 15.3. The molecule has 174 valence electrons. The number of amides is 2. The second kappa shape index (κ2) is 11.2. The van der Waals surface area contributed by atoms with Gasteiger partial charge >= 0.3 is 11.8 Å². The van der Waals surface area contributed by atoms with Crippen LogP contribution in [-0.2, 0) is 26.8 Å². The third-order valence-corrected chi connectivity index (χ3v) is 6.24. The highest BCUT2D eigenvalue weighted by molar-refractivity contribution is 7.90. The smallest absolute Gasteiger partial charge is 0.315 e. The van der Waals surface area contributed by atoms with Crippen LogP contribution in [0.5, 0.6) is 5.75 Å². The molecule has 10 nitrogen and oxygen atoms in total. The summed E-state index contributed by atoms with van der Waals surface area (Å²) in [6.07, 6.45) is 0.891. The number of nitrogens with zero attached hydrogens (tertiary/aromatic N) is 2. The SMILES string of the molecule is COc1ccc(CCC(=O)NCCNC(=O)c2nc(CS(=O)(=O)c3ccccc3)no2)cc1. The van der Waals surface area contributed by atoms with E-state index in [0.29, 0.717) is 12.8 Å². The molecule has 2 aromatic carbocycles. The van der Waals surface area contributed by atoms with Crippen molar-refractivity contribution in [2.75, 3.05) is 20.2 Å². The molecule has 0 aliphatic carbocycles. The highest BCUT2D eigenvalue weighted by Gasteiger charge is 2.21. The zero-order valence-electron chi connectivity index (χ0n) is 18.0. The van der Waals surface area contributed by atoms with Gasteiger partial charge in [-0.15, -0.1) is 0 Å². The zero-order valence-corrected chi connectivity index (χ0v) is 18.8. The van der Waals surface area contributed by atoms with Crippen LogP contribution in [0.4, 0.5) is 0 Å². The minimum Gasteiger partial charge on any atom is -0.497 e. The molecular formula is C22H24N4O6S. The lowest BCUT2D eigenvalue weighted by molar-refractivity contribution is -0.121. The Morgan fingerprint density at radius 2 is 1.70 bits per heavy atom. The molecule has 0 radical (unpaired) electrons. The summed E-state index contributed by atoms with van der Waals surface area (Å²) >= 11 is 0. The summed E-state index contributed by atoms with van der Waals surface area (Å²) in [7, 11) is -2.06. The first kappa shape index (κ1) is 23.9. The Morgan fingerprint density at radius 3 is 2.39 bits per heavy atom. The molecule has 0 bridgehead atoms. The van der Waals surface area contributed by atoms with E-state index >= 15 is 0 Å². The number of aromatic nitrogens is 2. The normalized spacial score (nSPS) is 11.1. The number of rotatable bonds is 11. The Morgan fingerprint density at radius 1 is 1.00 bits per heavy atom. The van der Waals surface area contributed by atoms with Crippen LogP contribution in [0.15, 0.2) is 64.0 Å². The van der Waals surface area contributed by atoms with Crippen LogP contribution in [0.2, 0.25) is 0 Å². The van der Waals surface area contributed by atoms with Gasteiger partial charge in [-0.1, -0.05) is 35.5 Å². The predicted molar refractivity (Wildman–Crippen MR) is 118 cm³/mol. The van der Waals surface area contributed by atoms with E-state index in [1.807, 2.05) is 24.3 Å². The summed E-state index contributed by atoms with van der Waals surface area (Å²) in [5.74, 6) is -0.998. The van der Waals surface area contributed by atoms with E-state index in [1.165, 1.54) is 12.1 Å². The largest absolute Gasteiger partial charge is 0.497 e. The Hall–Kier alpha value is -3.73. The molecule has 11 heteroatoms. The van der Waals surface area contributed by atoms with Gasteiger partial charge in [-0.25, -0.2) is 8.42 Å². The lowest BCUT2D eigenvalue weighted by Crippen LogP contribution is -2.34. The van der Waals surface area contributed by atoms with Crippen molar-refractivity contribution in [1.29, 1.82) is 0 Å². The van der Waals surface area contributed by atoms with Crippen molar-refractivity contribution >= 4 is 21.7 Å². The van der Waals surface area contributed by atoms with Crippen LogP contribution in [0.3, 0.4) is 0 Å². The van der Waals surface area contributed by atoms with E-state index in [4.69, 9.17) is 9.26 Å². The number of sulfone groups is 1. The average molecular weight is 473 g/mol. The number of benzene rings is 2. The Labute approximate surface area is 191 Å². The van der Waals surface area contributed by atoms with Crippen LogP contribution in [0, 0.1) is 0 Å². The summed E-state index contributed by atoms with van der Waals surface area (Å²) < 4.78 is 34.7. The second-order valence-corrected chi connectivity index (χ2v) is 9.03. The molecular weight excluding hydrogens is 448 g/mol. The first-order valence-electron chi connectivity index (χ1n) is 10.2. The molecule has 33 heavy (non-hydrogen) atoms. The first-order valence-corrected chi connectivity index (χ1v) is 11.8. The minimum atomic E-state index is -3.66. The van der Waals surface area contributed by atoms with Gasteiger partial charge in [0.2, 0.25) is 5.91 Å². The molecule has 0 aliphatic rings. The van der Waals surface area contributed by atoms with Gasteiger partial charge in [0.05, 0.1) is 12.0 Å². The highest BCUT2D eigenvalue weighted by Crippen LogP contribution is 2.14. The molecule has 1 heterocycles. The number of ether oxygens (including phenoxy) is 1. The molecule has 0 saturated heterocycles. The van der Waals surface area contributed by atoms with E-state index in [0.717, 1.165) is 11.3 Å².